The second kappa shape index (κ2) is 6.59. The molecule has 5 nitrogen and oxygen atoms in total. The number of rotatable bonds is 5. The van der Waals surface area contributed by atoms with Crippen LogP contribution in [0.2, 0.25) is 0 Å². The van der Waals surface area contributed by atoms with E-state index in [2.05, 4.69) is 5.32 Å². The smallest absolute Gasteiger partial charge is 0.242 e. The average Bonchev–Trinajstić information content (AvgIpc) is 2.34. The highest BCUT2D eigenvalue weighted by Crippen LogP contribution is 2.15. The van der Waals surface area contributed by atoms with Crippen LogP contribution in [0, 0.1) is 5.92 Å². The average molecular weight is 241 g/mol. The standard InChI is InChI=1S/C12H23N3O2/c1-3-10-11(16)14-7-8-15(10)12(17)9(2)5-4-6-13/h9-10H,3-8,13H2,1-2H3,(H,14,16). The molecule has 3 N–H and O–H groups in total. The van der Waals surface area contributed by atoms with E-state index in [0.717, 1.165) is 12.8 Å². The van der Waals surface area contributed by atoms with Crippen LogP contribution >= 0.6 is 0 Å². The molecule has 17 heavy (non-hydrogen) atoms. The van der Waals surface area contributed by atoms with E-state index >= 15 is 0 Å². The van der Waals surface area contributed by atoms with Crippen molar-refractivity contribution in [2.45, 2.75) is 39.2 Å². The summed E-state index contributed by atoms with van der Waals surface area (Å²) in [7, 11) is 0. The molecule has 5 heteroatoms. The molecule has 1 saturated heterocycles. The predicted molar refractivity (Wildman–Crippen MR) is 66.3 cm³/mol. The van der Waals surface area contributed by atoms with Gasteiger partial charge in [0.05, 0.1) is 0 Å². The van der Waals surface area contributed by atoms with Crippen LogP contribution < -0.4 is 11.1 Å². The summed E-state index contributed by atoms with van der Waals surface area (Å²) in [6, 6.07) is -0.295. The molecule has 1 aliphatic heterocycles. The molecule has 2 atom stereocenters. The van der Waals surface area contributed by atoms with E-state index in [1.807, 2.05) is 13.8 Å². The summed E-state index contributed by atoms with van der Waals surface area (Å²) < 4.78 is 0. The van der Waals surface area contributed by atoms with Crippen LogP contribution in [0.3, 0.4) is 0 Å². The molecular weight excluding hydrogens is 218 g/mol. The zero-order valence-corrected chi connectivity index (χ0v) is 10.7. The minimum Gasteiger partial charge on any atom is -0.353 e. The Bertz CT molecular complexity index is 281. The lowest BCUT2D eigenvalue weighted by Gasteiger charge is -2.36. The molecule has 0 aliphatic carbocycles. The van der Waals surface area contributed by atoms with Crippen molar-refractivity contribution in [3.05, 3.63) is 0 Å². The molecule has 1 rings (SSSR count). The normalized spacial score (nSPS) is 22.2. The summed E-state index contributed by atoms with van der Waals surface area (Å²) in [6.45, 7) is 5.63. The Balaban J connectivity index is 2.62. The van der Waals surface area contributed by atoms with Gasteiger partial charge in [-0.2, -0.15) is 0 Å². The predicted octanol–water partition coefficient (Wildman–Crippen LogP) is 0.0984. The summed E-state index contributed by atoms with van der Waals surface area (Å²) in [4.78, 5) is 25.6. The van der Waals surface area contributed by atoms with Crippen molar-refractivity contribution in [2.24, 2.45) is 11.7 Å². The Morgan fingerprint density at radius 1 is 1.65 bits per heavy atom. The lowest BCUT2D eigenvalue weighted by molar-refractivity contribution is -0.146. The monoisotopic (exact) mass is 241 g/mol. The van der Waals surface area contributed by atoms with E-state index in [-0.39, 0.29) is 23.8 Å². The van der Waals surface area contributed by atoms with Gasteiger partial charge in [0.15, 0.2) is 0 Å². The van der Waals surface area contributed by atoms with Crippen LogP contribution in [-0.4, -0.2) is 42.4 Å². The summed E-state index contributed by atoms with van der Waals surface area (Å²) in [5.74, 6) is 0.0109. The number of nitrogens with two attached hydrogens (primary N) is 1. The summed E-state index contributed by atoms with van der Waals surface area (Å²) >= 11 is 0. The van der Waals surface area contributed by atoms with Gasteiger partial charge in [-0.15, -0.1) is 0 Å². The number of hydrogen-bond acceptors (Lipinski definition) is 3. The van der Waals surface area contributed by atoms with Crippen LogP contribution in [0.15, 0.2) is 0 Å². The molecule has 0 saturated carbocycles. The summed E-state index contributed by atoms with van der Waals surface area (Å²) in [5.41, 5.74) is 5.44. The van der Waals surface area contributed by atoms with Crippen molar-refractivity contribution in [2.75, 3.05) is 19.6 Å². The molecule has 1 aliphatic rings. The fraction of sp³-hybridized carbons (Fsp3) is 0.833. The highest BCUT2D eigenvalue weighted by molar-refractivity contribution is 5.89. The lowest BCUT2D eigenvalue weighted by atomic mass is 10.0. The van der Waals surface area contributed by atoms with Crippen molar-refractivity contribution in [3.63, 3.8) is 0 Å². The van der Waals surface area contributed by atoms with E-state index in [0.29, 0.717) is 26.1 Å². The minimum atomic E-state index is -0.295. The van der Waals surface area contributed by atoms with Crippen LogP contribution in [-0.2, 0) is 9.59 Å². The zero-order chi connectivity index (χ0) is 12.8. The number of piperazine rings is 1. The van der Waals surface area contributed by atoms with Crippen LogP contribution in [0.5, 0.6) is 0 Å². The maximum absolute atomic E-state index is 12.2. The van der Waals surface area contributed by atoms with Crippen molar-refractivity contribution in [1.29, 1.82) is 0 Å². The topological polar surface area (TPSA) is 75.4 Å². The second-order valence-electron chi connectivity index (χ2n) is 4.58. The van der Waals surface area contributed by atoms with Crippen LogP contribution in [0.4, 0.5) is 0 Å². The Kier molecular flexibility index (Phi) is 5.41. The first kappa shape index (κ1) is 14.0. The quantitative estimate of drug-likeness (QED) is 0.716. The van der Waals surface area contributed by atoms with Crippen LogP contribution in [0.25, 0.3) is 0 Å². The van der Waals surface area contributed by atoms with Gasteiger partial charge in [0, 0.05) is 19.0 Å². The minimum absolute atomic E-state index is 0.0295. The van der Waals surface area contributed by atoms with Crippen molar-refractivity contribution < 1.29 is 9.59 Å². The van der Waals surface area contributed by atoms with Crippen LogP contribution in [0.1, 0.15) is 33.1 Å². The summed E-state index contributed by atoms with van der Waals surface area (Å²) in [6.07, 6.45) is 2.31. The fourth-order valence-electron chi connectivity index (χ4n) is 2.21. The molecule has 1 fully saturated rings. The largest absolute Gasteiger partial charge is 0.353 e. The molecule has 0 aromatic rings. The SMILES string of the molecule is CCC1C(=O)NCCN1C(=O)C(C)CCCN. The van der Waals surface area contributed by atoms with Gasteiger partial charge in [0.25, 0.3) is 0 Å². The first-order valence-corrected chi connectivity index (χ1v) is 6.40. The molecular formula is C12H23N3O2. The van der Waals surface area contributed by atoms with Gasteiger partial charge >= 0.3 is 0 Å². The maximum Gasteiger partial charge on any atom is 0.242 e. The fourth-order valence-corrected chi connectivity index (χ4v) is 2.21. The number of hydrogen-bond donors (Lipinski definition) is 2. The number of carbonyl (C=O) groups excluding carboxylic acids is 2. The third kappa shape index (κ3) is 3.43. The third-order valence-corrected chi connectivity index (χ3v) is 3.26. The van der Waals surface area contributed by atoms with Gasteiger partial charge in [0.2, 0.25) is 11.8 Å². The Morgan fingerprint density at radius 3 is 2.94 bits per heavy atom. The lowest BCUT2D eigenvalue weighted by Crippen LogP contribution is -2.57. The van der Waals surface area contributed by atoms with Gasteiger partial charge in [0.1, 0.15) is 6.04 Å². The van der Waals surface area contributed by atoms with Gasteiger partial charge in [-0.25, -0.2) is 0 Å². The van der Waals surface area contributed by atoms with Crippen molar-refractivity contribution in [1.82, 2.24) is 10.2 Å². The second-order valence-corrected chi connectivity index (χ2v) is 4.58. The molecule has 2 amide bonds. The highest BCUT2D eigenvalue weighted by atomic mass is 16.2. The van der Waals surface area contributed by atoms with Crippen molar-refractivity contribution >= 4 is 11.8 Å². The molecule has 98 valence electrons. The van der Waals surface area contributed by atoms with Gasteiger partial charge < -0.3 is 16.0 Å². The zero-order valence-electron chi connectivity index (χ0n) is 10.7. The molecule has 0 spiro atoms. The summed E-state index contributed by atoms with van der Waals surface area (Å²) in [5, 5.41) is 2.80. The van der Waals surface area contributed by atoms with E-state index in [1.54, 1.807) is 4.90 Å². The number of carbonyl (C=O) groups is 2. The first-order chi connectivity index (χ1) is 8.11. The van der Waals surface area contributed by atoms with E-state index in [9.17, 15) is 9.59 Å². The Labute approximate surface area is 103 Å². The molecule has 0 aromatic carbocycles. The van der Waals surface area contributed by atoms with E-state index in [1.165, 1.54) is 0 Å². The third-order valence-electron chi connectivity index (χ3n) is 3.26. The first-order valence-electron chi connectivity index (χ1n) is 6.40. The Hall–Kier alpha value is -1.10. The molecule has 0 aromatic heterocycles. The molecule has 1 heterocycles. The molecule has 0 bridgehead atoms. The number of nitrogens with one attached hydrogen (secondary N) is 1. The van der Waals surface area contributed by atoms with Gasteiger partial charge in [-0.05, 0) is 25.8 Å². The Morgan fingerprint density at radius 2 is 2.35 bits per heavy atom. The van der Waals surface area contributed by atoms with E-state index < -0.39 is 0 Å². The molecule has 0 radical (unpaired) electrons. The van der Waals surface area contributed by atoms with Crippen molar-refractivity contribution in [3.8, 4) is 0 Å². The van der Waals surface area contributed by atoms with Gasteiger partial charge in [-0.3, -0.25) is 9.59 Å². The molecule has 2 unspecified atom stereocenters. The van der Waals surface area contributed by atoms with Gasteiger partial charge in [-0.1, -0.05) is 13.8 Å². The number of amides is 2. The maximum atomic E-state index is 12.2. The highest BCUT2D eigenvalue weighted by Gasteiger charge is 2.33. The van der Waals surface area contributed by atoms with E-state index in [4.69, 9.17) is 5.73 Å². The number of nitrogens with zero attached hydrogens (tertiary/aromatic N) is 1.